The second-order valence-electron chi connectivity index (χ2n) is 6.98. The average molecular weight is 372 g/mol. The van der Waals surface area contributed by atoms with Gasteiger partial charge in [0.2, 0.25) is 10.0 Å². The van der Waals surface area contributed by atoms with Crippen molar-refractivity contribution in [1.29, 1.82) is 0 Å². The van der Waals surface area contributed by atoms with Gasteiger partial charge in [-0.2, -0.15) is 4.31 Å². The summed E-state index contributed by atoms with van der Waals surface area (Å²) in [6.07, 6.45) is 3.74. The van der Waals surface area contributed by atoms with Crippen LogP contribution in [0.25, 0.3) is 6.08 Å². The van der Waals surface area contributed by atoms with Crippen molar-refractivity contribution < 1.29 is 13.5 Å². The van der Waals surface area contributed by atoms with E-state index in [0.29, 0.717) is 25.9 Å². The minimum absolute atomic E-state index is 0.0790. The van der Waals surface area contributed by atoms with Gasteiger partial charge in [-0.3, -0.25) is 0 Å². The highest BCUT2D eigenvalue weighted by atomic mass is 32.2. The van der Waals surface area contributed by atoms with Crippen molar-refractivity contribution in [3.8, 4) is 0 Å². The second-order valence-corrected chi connectivity index (χ2v) is 8.80. The van der Waals surface area contributed by atoms with Crippen LogP contribution in [0.2, 0.25) is 0 Å². The van der Waals surface area contributed by atoms with Crippen LogP contribution in [0.5, 0.6) is 0 Å². The van der Waals surface area contributed by atoms with Gasteiger partial charge < -0.3 is 5.11 Å². The Balaban J connectivity index is 1.65. The molecule has 2 aromatic carbocycles. The first-order valence-corrected chi connectivity index (χ1v) is 10.4. The average Bonchev–Trinajstić information content (AvgIpc) is 2.68. The van der Waals surface area contributed by atoms with Gasteiger partial charge in [-0.15, -0.1) is 0 Å². The molecule has 1 heterocycles. The van der Waals surface area contributed by atoms with Crippen molar-refractivity contribution in [1.82, 2.24) is 4.31 Å². The first kappa shape index (κ1) is 18.8. The lowest BCUT2D eigenvalue weighted by atomic mass is 9.75. The number of sulfonamides is 1. The molecule has 0 atom stereocenters. The van der Waals surface area contributed by atoms with E-state index in [9.17, 15) is 13.5 Å². The molecule has 1 fully saturated rings. The molecule has 0 spiro atoms. The molecule has 26 heavy (non-hydrogen) atoms. The standard InChI is InChI=1S/C21H25NO3S/c23-18-21(17-20-9-5-2-6-10-20)12-14-22(15-13-21)26(24,25)16-11-19-7-3-1-4-8-19/h1-11,16,23H,12-15,17-18H2/b16-11+. The Morgan fingerprint density at radius 3 is 2.12 bits per heavy atom. The van der Waals surface area contributed by atoms with E-state index >= 15 is 0 Å². The van der Waals surface area contributed by atoms with Crippen LogP contribution in [-0.4, -0.2) is 37.5 Å². The number of aliphatic hydroxyl groups is 1. The van der Waals surface area contributed by atoms with E-state index < -0.39 is 10.0 Å². The predicted molar refractivity (Wildman–Crippen MR) is 105 cm³/mol. The van der Waals surface area contributed by atoms with Gasteiger partial charge in [-0.1, -0.05) is 60.7 Å². The molecule has 5 heteroatoms. The number of piperidine rings is 1. The van der Waals surface area contributed by atoms with Gasteiger partial charge >= 0.3 is 0 Å². The Bertz CT molecular complexity index is 824. The van der Waals surface area contributed by atoms with Gasteiger partial charge in [0.05, 0.1) is 0 Å². The second kappa shape index (κ2) is 8.16. The fourth-order valence-corrected chi connectivity index (χ4v) is 4.64. The summed E-state index contributed by atoms with van der Waals surface area (Å²) < 4.78 is 26.7. The Kier molecular flexibility index (Phi) is 5.91. The summed E-state index contributed by atoms with van der Waals surface area (Å²) in [7, 11) is -3.44. The molecule has 1 N–H and O–H groups in total. The quantitative estimate of drug-likeness (QED) is 0.848. The zero-order valence-corrected chi connectivity index (χ0v) is 15.6. The van der Waals surface area contributed by atoms with Gasteiger partial charge in [0, 0.05) is 25.1 Å². The molecule has 2 aromatic rings. The van der Waals surface area contributed by atoms with Crippen LogP contribution in [0.4, 0.5) is 0 Å². The number of nitrogens with zero attached hydrogens (tertiary/aromatic N) is 1. The summed E-state index contributed by atoms with van der Waals surface area (Å²) in [5.41, 5.74) is 1.81. The van der Waals surface area contributed by atoms with Gasteiger partial charge in [0.1, 0.15) is 0 Å². The molecule has 0 aliphatic carbocycles. The first-order chi connectivity index (χ1) is 12.5. The molecule has 4 nitrogen and oxygen atoms in total. The number of benzene rings is 2. The highest BCUT2D eigenvalue weighted by Gasteiger charge is 2.37. The summed E-state index contributed by atoms with van der Waals surface area (Å²) in [4.78, 5) is 0. The van der Waals surface area contributed by atoms with E-state index in [0.717, 1.165) is 12.0 Å². The smallest absolute Gasteiger partial charge is 0.236 e. The summed E-state index contributed by atoms with van der Waals surface area (Å²) in [5.74, 6) is 0. The van der Waals surface area contributed by atoms with Crippen molar-refractivity contribution in [2.45, 2.75) is 19.3 Å². The van der Waals surface area contributed by atoms with Crippen LogP contribution < -0.4 is 0 Å². The van der Waals surface area contributed by atoms with Gasteiger partial charge in [0.25, 0.3) is 0 Å². The van der Waals surface area contributed by atoms with Crippen molar-refractivity contribution in [3.05, 3.63) is 77.2 Å². The van der Waals surface area contributed by atoms with Crippen molar-refractivity contribution in [3.63, 3.8) is 0 Å². The fourth-order valence-electron chi connectivity index (χ4n) is 3.45. The van der Waals surface area contributed by atoms with Crippen LogP contribution >= 0.6 is 0 Å². The highest BCUT2D eigenvalue weighted by molar-refractivity contribution is 7.92. The van der Waals surface area contributed by atoms with Crippen molar-refractivity contribution in [2.24, 2.45) is 5.41 Å². The maximum absolute atomic E-state index is 12.6. The van der Waals surface area contributed by atoms with Crippen LogP contribution in [-0.2, 0) is 16.4 Å². The molecule has 3 rings (SSSR count). The van der Waals surface area contributed by atoms with E-state index in [2.05, 4.69) is 12.1 Å². The largest absolute Gasteiger partial charge is 0.396 e. The SMILES string of the molecule is O=S(=O)(/C=C/c1ccccc1)N1CCC(CO)(Cc2ccccc2)CC1. The molecule has 0 saturated carbocycles. The molecule has 0 unspecified atom stereocenters. The number of aliphatic hydroxyl groups excluding tert-OH is 1. The van der Waals surface area contributed by atoms with Crippen LogP contribution in [0.15, 0.2) is 66.1 Å². The predicted octanol–water partition coefficient (Wildman–Crippen LogP) is 3.30. The fraction of sp³-hybridized carbons (Fsp3) is 0.333. The molecule has 0 bridgehead atoms. The molecule has 1 aliphatic heterocycles. The van der Waals surface area contributed by atoms with Crippen molar-refractivity contribution in [2.75, 3.05) is 19.7 Å². The number of hydrogen-bond acceptors (Lipinski definition) is 3. The zero-order valence-electron chi connectivity index (χ0n) is 14.8. The van der Waals surface area contributed by atoms with Gasteiger partial charge in [-0.05, 0) is 41.9 Å². The van der Waals surface area contributed by atoms with Crippen LogP contribution in [0.3, 0.4) is 0 Å². The minimum atomic E-state index is -3.44. The maximum atomic E-state index is 12.6. The highest BCUT2D eigenvalue weighted by Crippen LogP contribution is 2.35. The normalized spacial score (nSPS) is 18.2. The van der Waals surface area contributed by atoms with Gasteiger partial charge in [0.15, 0.2) is 0 Å². The summed E-state index contributed by atoms with van der Waals surface area (Å²) in [6.45, 7) is 0.958. The lowest BCUT2D eigenvalue weighted by Crippen LogP contribution is -2.45. The molecule has 0 radical (unpaired) electrons. The molecule has 1 saturated heterocycles. The van der Waals surface area contributed by atoms with Crippen LogP contribution in [0.1, 0.15) is 24.0 Å². The Hall–Kier alpha value is -1.95. The molecular formula is C21H25NO3S. The Labute approximate surface area is 155 Å². The third-order valence-corrected chi connectivity index (χ3v) is 6.70. The molecule has 0 aromatic heterocycles. The number of hydrogen-bond donors (Lipinski definition) is 1. The van der Waals surface area contributed by atoms with E-state index in [4.69, 9.17) is 0 Å². The summed E-state index contributed by atoms with van der Waals surface area (Å²) in [6, 6.07) is 19.5. The lowest BCUT2D eigenvalue weighted by Gasteiger charge is -2.40. The molecule has 138 valence electrons. The van der Waals surface area contributed by atoms with Crippen molar-refractivity contribution >= 4 is 16.1 Å². The molecule has 1 aliphatic rings. The Morgan fingerprint density at radius 1 is 0.962 bits per heavy atom. The summed E-state index contributed by atoms with van der Waals surface area (Å²) >= 11 is 0. The van der Waals surface area contributed by atoms with Crippen LogP contribution in [0, 0.1) is 5.41 Å². The summed E-state index contributed by atoms with van der Waals surface area (Å²) in [5, 5.41) is 11.2. The monoisotopic (exact) mass is 371 g/mol. The van der Waals surface area contributed by atoms with E-state index in [1.165, 1.54) is 15.3 Å². The lowest BCUT2D eigenvalue weighted by molar-refractivity contribution is 0.0688. The number of rotatable bonds is 6. The molecule has 0 amide bonds. The maximum Gasteiger partial charge on any atom is 0.236 e. The first-order valence-electron chi connectivity index (χ1n) is 8.91. The van der Waals surface area contributed by atoms with Gasteiger partial charge in [-0.25, -0.2) is 8.42 Å². The third-order valence-electron chi connectivity index (χ3n) is 5.13. The van der Waals surface area contributed by atoms with E-state index in [1.54, 1.807) is 6.08 Å². The third kappa shape index (κ3) is 4.61. The topological polar surface area (TPSA) is 57.6 Å². The molecular weight excluding hydrogens is 346 g/mol. The zero-order chi connectivity index (χ0) is 18.5. The minimum Gasteiger partial charge on any atom is -0.396 e. The Morgan fingerprint density at radius 2 is 1.54 bits per heavy atom. The van der Waals surface area contributed by atoms with E-state index in [1.807, 2.05) is 48.5 Å². The van der Waals surface area contributed by atoms with E-state index in [-0.39, 0.29) is 12.0 Å².